The monoisotopic (exact) mass is 428 g/mol. The molecule has 2 heterocycles. The maximum absolute atomic E-state index is 6.23. The Labute approximate surface area is 164 Å². The molecule has 5 nitrogen and oxygen atoms in total. The maximum atomic E-state index is 6.23. The lowest BCUT2D eigenvalue weighted by atomic mass is 10.1. The van der Waals surface area contributed by atoms with E-state index in [9.17, 15) is 0 Å². The van der Waals surface area contributed by atoms with Crippen molar-refractivity contribution in [2.75, 3.05) is 11.1 Å². The van der Waals surface area contributed by atoms with E-state index in [2.05, 4.69) is 43.4 Å². The molecule has 4 rings (SSSR count). The average molecular weight is 429 g/mol. The molecular weight excluding hydrogens is 412 g/mol. The van der Waals surface area contributed by atoms with Crippen LogP contribution in [0.25, 0.3) is 11.3 Å². The molecule has 0 spiro atoms. The van der Waals surface area contributed by atoms with Crippen molar-refractivity contribution >= 4 is 33.4 Å². The van der Waals surface area contributed by atoms with E-state index in [1.54, 1.807) is 11.8 Å². The van der Waals surface area contributed by atoms with Crippen molar-refractivity contribution in [3.05, 3.63) is 58.6 Å². The van der Waals surface area contributed by atoms with Gasteiger partial charge in [0.05, 0.1) is 0 Å². The van der Waals surface area contributed by atoms with Crippen molar-refractivity contribution in [3.63, 3.8) is 0 Å². The molecule has 0 aliphatic carbocycles. The number of halogens is 1. The maximum Gasteiger partial charge on any atom is 0.247 e. The summed E-state index contributed by atoms with van der Waals surface area (Å²) in [5.41, 5.74) is 3.56. The summed E-state index contributed by atoms with van der Waals surface area (Å²) in [7, 11) is 0. The Balaban J connectivity index is 1.78. The normalized spacial score (nSPS) is 15.2. The van der Waals surface area contributed by atoms with Crippen LogP contribution in [-0.2, 0) is 0 Å². The lowest BCUT2D eigenvalue weighted by molar-refractivity contribution is 0.225. The van der Waals surface area contributed by atoms with Crippen LogP contribution in [0.2, 0.25) is 0 Å². The molecule has 0 fully saturated rings. The highest BCUT2D eigenvalue weighted by molar-refractivity contribution is 9.10. The summed E-state index contributed by atoms with van der Waals surface area (Å²) in [5, 5.41) is 12.8. The highest BCUT2D eigenvalue weighted by atomic mass is 79.9. The van der Waals surface area contributed by atoms with Gasteiger partial charge in [0.15, 0.2) is 11.9 Å². The topological polar surface area (TPSA) is 59.9 Å². The number of hydrogen-bond donors (Lipinski definition) is 1. The SMILES string of the molecule is CCCSc1nnc2c(n1)OC(c1ccc(Br)cc1)Nc1ccccc1-2. The Kier molecular flexibility index (Phi) is 5.08. The number of nitrogens with one attached hydrogen (secondary N) is 1. The number of hydrogen-bond acceptors (Lipinski definition) is 6. The minimum atomic E-state index is -0.355. The quantitative estimate of drug-likeness (QED) is 0.568. The smallest absolute Gasteiger partial charge is 0.247 e. The van der Waals surface area contributed by atoms with E-state index in [1.807, 2.05) is 48.5 Å². The predicted octanol–water partition coefficient (Wildman–Crippen LogP) is 5.31. The number of fused-ring (bicyclic) bond motifs is 3. The number of anilines is 1. The first-order chi connectivity index (χ1) is 12.7. The first-order valence-electron chi connectivity index (χ1n) is 8.40. The molecule has 1 unspecified atom stereocenters. The third kappa shape index (κ3) is 3.54. The van der Waals surface area contributed by atoms with Crippen molar-refractivity contribution in [1.82, 2.24) is 15.2 Å². The number of ether oxygens (including phenoxy) is 1. The summed E-state index contributed by atoms with van der Waals surface area (Å²) in [6, 6.07) is 16.0. The van der Waals surface area contributed by atoms with Crippen molar-refractivity contribution in [2.24, 2.45) is 0 Å². The molecule has 1 aromatic heterocycles. The molecule has 26 heavy (non-hydrogen) atoms. The molecule has 1 aliphatic rings. The van der Waals surface area contributed by atoms with Gasteiger partial charge in [0.25, 0.3) is 0 Å². The summed E-state index contributed by atoms with van der Waals surface area (Å²) in [5.74, 6) is 1.45. The van der Waals surface area contributed by atoms with Gasteiger partial charge >= 0.3 is 0 Å². The molecule has 1 aliphatic heterocycles. The number of nitrogens with zero attached hydrogens (tertiary/aromatic N) is 3. The lowest BCUT2D eigenvalue weighted by Gasteiger charge is -2.19. The Bertz CT molecular complexity index is 920. The number of para-hydroxylation sites is 1. The third-order valence-electron chi connectivity index (χ3n) is 3.94. The van der Waals surface area contributed by atoms with Crippen molar-refractivity contribution in [3.8, 4) is 17.1 Å². The van der Waals surface area contributed by atoms with Crippen molar-refractivity contribution in [1.29, 1.82) is 0 Å². The van der Waals surface area contributed by atoms with Crippen LogP contribution in [0.5, 0.6) is 5.88 Å². The Morgan fingerprint density at radius 1 is 1.12 bits per heavy atom. The molecular formula is C19H17BrN4OS. The van der Waals surface area contributed by atoms with Gasteiger partial charge in [-0.3, -0.25) is 0 Å². The second kappa shape index (κ2) is 7.63. The molecule has 0 saturated carbocycles. The Hall–Kier alpha value is -2.12. The van der Waals surface area contributed by atoms with E-state index in [1.165, 1.54) is 0 Å². The van der Waals surface area contributed by atoms with E-state index < -0.39 is 0 Å². The van der Waals surface area contributed by atoms with Gasteiger partial charge in [-0.25, -0.2) is 0 Å². The first-order valence-corrected chi connectivity index (χ1v) is 10.2. The van der Waals surface area contributed by atoms with Crippen LogP contribution in [0.4, 0.5) is 5.69 Å². The van der Waals surface area contributed by atoms with Crippen LogP contribution >= 0.6 is 27.7 Å². The molecule has 0 saturated heterocycles. The minimum absolute atomic E-state index is 0.355. The van der Waals surface area contributed by atoms with Gasteiger partial charge in [-0.1, -0.05) is 64.9 Å². The van der Waals surface area contributed by atoms with E-state index in [0.717, 1.165) is 33.5 Å². The average Bonchev–Trinajstić information content (AvgIpc) is 2.83. The van der Waals surface area contributed by atoms with E-state index in [-0.39, 0.29) is 6.23 Å². The van der Waals surface area contributed by atoms with Gasteiger partial charge in [0.2, 0.25) is 11.0 Å². The van der Waals surface area contributed by atoms with E-state index in [0.29, 0.717) is 16.7 Å². The van der Waals surface area contributed by atoms with Crippen LogP contribution in [-0.4, -0.2) is 20.9 Å². The summed E-state index contributed by atoms with van der Waals surface area (Å²) >= 11 is 5.06. The molecule has 1 N–H and O–H groups in total. The third-order valence-corrected chi connectivity index (χ3v) is 5.51. The second-order valence-corrected chi connectivity index (χ2v) is 7.81. The van der Waals surface area contributed by atoms with Gasteiger partial charge in [0, 0.05) is 27.0 Å². The van der Waals surface area contributed by atoms with Gasteiger partial charge in [-0.05, 0) is 24.6 Å². The highest BCUT2D eigenvalue weighted by Gasteiger charge is 2.25. The van der Waals surface area contributed by atoms with Gasteiger partial charge in [-0.15, -0.1) is 10.2 Å². The summed E-state index contributed by atoms with van der Waals surface area (Å²) in [4.78, 5) is 4.62. The van der Waals surface area contributed by atoms with Crippen LogP contribution in [0.1, 0.15) is 25.1 Å². The first kappa shape index (κ1) is 17.3. The fourth-order valence-electron chi connectivity index (χ4n) is 2.69. The molecule has 132 valence electrons. The Morgan fingerprint density at radius 3 is 2.73 bits per heavy atom. The predicted molar refractivity (Wildman–Crippen MR) is 107 cm³/mol. The summed E-state index contributed by atoms with van der Waals surface area (Å²) < 4.78 is 7.26. The zero-order valence-electron chi connectivity index (χ0n) is 14.1. The van der Waals surface area contributed by atoms with Crippen molar-refractivity contribution in [2.45, 2.75) is 24.7 Å². The Morgan fingerprint density at radius 2 is 1.92 bits per heavy atom. The number of benzene rings is 2. The molecule has 0 amide bonds. The highest BCUT2D eigenvalue weighted by Crippen LogP contribution is 2.39. The largest absolute Gasteiger partial charge is 0.448 e. The van der Waals surface area contributed by atoms with Gasteiger partial charge in [0.1, 0.15) is 0 Å². The fraction of sp³-hybridized carbons (Fsp3) is 0.211. The zero-order valence-corrected chi connectivity index (χ0v) is 16.5. The van der Waals surface area contributed by atoms with Crippen LogP contribution in [0.3, 0.4) is 0 Å². The van der Waals surface area contributed by atoms with E-state index in [4.69, 9.17) is 4.74 Å². The second-order valence-electron chi connectivity index (χ2n) is 5.84. The standard InChI is InChI=1S/C19H17BrN4OS/c1-2-11-26-19-22-18-16(23-24-19)14-5-3-4-6-15(14)21-17(25-18)12-7-9-13(20)10-8-12/h3-10,17,21H,2,11H2,1H3. The van der Waals surface area contributed by atoms with Crippen LogP contribution < -0.4 is 10.1 Å². The van der Waals surface area contributed by atoms with Crippen molar-refractivity contribution < 1.29 is 4.74 Å². The zero-order chi connectivity index (χ0) is 17.9. The number of thioether (sulfide) groups is 1. The van der Waals surface area contributed by atoms with E-state index >= 15 is 0 Å². The molecule has 3 aromatic rings. The molecule has 2 aromatic carbocycles. The molecule has 1 atom stereocenters. The number of rotatable bonds is 4. The molecule has 0 radical (unpaired) electrons. The van der Waals surface area contributed by atoms with Gasteiger partial charge in [-0.2, -0.15) is 4.98 Å². The molecule has 0 bridgehead atoms. The number of aromatic nitrogens is 3. The summed E-state index contributed by atoms with van der Waals surface area (Å²) in [6.45, 7) is 2.13. The summed E-state index contributed by atoms with van der Waals surface area (Å²) in [6.07, 6.45) is 0.698. The minimum Gasteiger partial charge on any atom is -0.448 e. The fourth-order valence-corrected chi connectivity index (χ4v) is 3.59. The van der Waals surface area contributed by atoms with Gasteiger partial charge < -0.3 is 10.1 Å². The lowest BCUT2D eigenvalue weighted by Crippen LogP contribution is -2.17. The van der Waals surface area contributed by atoms with Crippen LogP contribution in [0, 0.1) is 0 Å². The van der Waals surface area contributed by atoms with Crippen LogP contribution in [0.15, 0.2) is 58.2 Å². The molecule has 7 heteroatoms.